The normalized spacial score (nSPS) is 13.3. The first-order valence-corrected chi connectivity index (χ1v) is 15.4. The lowest BCUT2D eigenvalue weighted by Crippen LogP contribution is -2.55. The topological polar surface area (TPSA) is 117 Å². The van der Waals surface area contributed by atoms with Crippen LogP contribution >= 0.6 is 0 Å². The Labute approximate surface area is 266 Å². The lowest BCUT2D eigenvalue weighted by molar-refractivity contribution is -0.143. The van der Waals surface area contributed by atoms with Crippen LogP contribution in [0.2, 0.25) is 0 Å². The summed E-state index contributed by atoms with van der Waals surface area (Å²) in [7, 11) is 1.56. The highest BCUT2D eigenvalue weighted by atomic mass is 16.6. The summed E-state index contributed by atoms with van der Waals surface area (Å²) in [5.74, 6) is 0.0421. The van der Waals surface area contributed by atoms with Crippen LogP contribution in [0.3, 0.4) is 0 Å². The number of benzene rings is 3. The van der Waals surface area contributed by atoms with E-state index in [1.54, 1.807) is 69.2 Å². The Morgan fingerprint density at radius 2 is 1.56 bits per heavy atom. The predicted molar refractivity (Wildman–Crippen MR) is 176 cm³/mol. The molecule has 242 valence electrons. The van der Waals surface area contributed by atoms with Crippen LogP contribution in [0.15, 0.2) is 78.9 Å². The maximum atomic E-state index is 14.8. The first-order valence-electron chi connectivity index (χ1n) is 15.4. The van der Waals surface area contributed by atoms with Crippen molar-refractivity contribution < 1.29 is 29.0 Å². The molecule has 9 heteroatoms. The summed E-state index contributed by atoms with van der Waals surface area (Å²) in [6.45, 7) is 11.4. The molecule has 0 radical (unpaired) electrons. The number of carbonyl (C=O) groups excluding carboxylic acids is 3. The number of aromatic hydroxyl groups is 1. The first-order chi connectivity index (χ1) is 21.3. The van der Waals surface area contributed by atoms with Gasteiger partial charge < -0.3 is 30.1 Å². The second-order valence-electron chi connectivity index (χ2n) is 12.7. The summed E-state index contributed by atoms with van der Waals surface area (Å²) < 4.78 is 10.8. The minimum absolute atomic E-state index is 0.0373. The SMILES string of the molecule is COc1ccc(NC(=O)C(c2cccc(O)c2)N(C(=O)C(Cc2ccccc2)NC(=O)OC(C)(C)C)C(C)CCC(C)C)cc1. The van der Waals surface area contributed by atoms with Gasteiger partial charge in [-0.2, -0.15) is 0 Å². The van der Waals surface area contributed by atoms with E-state index >= 15 is 0 Å². The number of nitrogens with zero attached hydrogens (tertiary/aromatic N) is 1. The Hall–Kier alpha value is -4.53. The van der Waals surface area contributed by atoms with Crippen LogP contribution in [-0.4, -0.2) is 52.7 Å². The Morgan fingerprint density at radius 3 is 2.13 bits per heavy atom. The number of nitrogens with one attached hydrogen (secondary N) is 2. The number of rotatable bonds is 13. The summed E-state index contributed by atoms with van der Waals surface area (Å²) in [5.41, 5.74) is 0.998. The van der Waals surface area contributed by atoms with E-state index in [2.05, 4.69) is 24.5 Å². The molecule has 3 atom stereocenters. The summed E-state index contributed by atoms with van der Waals surface area (Å²) in [4.78, 5) is 43.6. The maximum Gasteiger partial charge on any atom is 0.408 e. The average molecular weight is 618 g/mol. The summed E-state index contributed by atoms with van der Waals surface area (Å²) in [6.07, 6.45) is 0.863. The largest absolute Gasteiger partial charge is 0.508 e. The fourth-order valence-electron chi connectivity index (χ4n) is 5.01. The molecule has 0 saturated carbocycles. The zero-order chi connectivity index (χ0) is 33.1. The molecule has 0 aliphatic rings. The molecule has 0 spiro atoms. The zero-order valence-corrected chi connectivity index (χ0v) is 27.4. The molecule has 0 aliphatic carbocycles. The number of phenolic OH excluding ortho intramolecular Hbond substituents is 1. The minimum atomic E-state index is -1.13. The highest BCUT2D eigenvalue weighted by Crippen LogP contribution is 2.31. The van der Waals surface area contributed by atoms with Crippen LogP contribution < -0.4 is 15.4 Å². The van der Waals surface area contributed by atoms with Crippen LogP contribution in [0, 0.1) is 5.92 Å². The van der Waals surface area contributed by atoms with Crippen molar-refractivity contribution in [3.05, 3.63) is 90.0 Å². The summed E-state index contributed by atoms with van der Waals surface area (Å²) >= 11 is 0. The number of hydrogen-bond donors (Lipinski definition) is 3. The molecule has 0 aliphatic heterocycles. The van der Waals surface area contributed by atoms with E-state index in [0.29, 0.717) is 29.3 Å². The van der Waals surface area contributed by atoms with E-state index in [4.69, 9.17) is 9.47 Å². The van der Waals surface area contributed by atoms with E-state index in [1.807, 2.05) is 37.3 Å². The van der Waals surface area contributed by atoms with Crippen molar-refractivity contribution in [2.24, 2.45) is 5.92 Å². The minimum Gasteiger partial charge on any atom is -0.508 e. The number of anilines is 1. The van der Waals surface area contributed by atoms with Gasteiger partial charge in [0, 0.05) is 18.2 Å². The lowest BCUT2D eigenvalue weighted by atomic mass is 9.95. The van der Waals surface area contributed by atoms with Crippen molar-refractivity contribution >= 4 is 23.6 Å². The predicted octanol–water partition coefficient (Wildman–Crippen LogP) is 6.87. The quantitative estimate of drug-likeness (QED) is 0.193. The van der Waals surface area contributed by atoms with Crippen LogP contribution in [-0.2, 0) is 20.7 Å². The highest BCUT2D eigenvalue weighted by molar-refractivity contribution is 5.99. The average Bonchev–Trinajstić information content (AvgIpc) is 2.97. The Morgan fingerprint density at radius 1 is 0.889 bits per heavy atom. The molecule has 45 heavy (non-hydrogen) atoms. The van der Waals surface area contributed by atoms with Crippen molar-refractivity contribution in [1.29, 1.82) is 0 Å². The molecule has 3 aromatic carbocycles. The Kier molecular flexibility index (Phi) is 12.4. The van der Waals surface area contributed by atoms with E-state index in [0.717, 1.165) is 12.0 Å². The zero-order valence-electron chi connectivity index (χ0n) is 27.4. The number of amides is 3. The second-order valence-corrected chi connectivity index (χ2v) is 12.7. The fraction of sp³-hybridized carbons (Fsp3) is 0.417. The third-order valence-electron chi connectivity index (χ3n) is 7.23. The van der Waals surface area contributed by atoms with Gasteiger partial charge in [0.2, 0.25) is 5.91 Å². The molecule has 0 bridgehead atoms. The third-order valence-corrected chi connectivity index (χ3v) is 7.23. The van der Waals surface area contributed by atoms with Crippen molar-refractivity contribution in [3.63, 3.8) is 0 Å². The van der Waals surface area contributed by atoms with Crippen molar-refractivity contribution in [2.45, 2.75) is 84.5 Å². The van der Waals surface area contributed by atoms with Gasteiger partial charge in [-0.05, 0) is 94.0 Å². The molecule has 0 fully saturated rings. The Balaban J connectivity index is 2.12. The first kappa shape index (κ1) is 35.0. The third kappa shape index (κ3) is 10.8. The molecular formula is C36H47N3O6. The van der Waals surface area contributed by atoms with Crippen LogP contribution in [0.25, 0.3) is 0 Å². The van der Waals surface area contributed by atoms with Crippen LogP contribution in [0.4, 0.5) is 10.5 Å². The summed E-state index contributed by atoms with van der Waals surface area (Å²) in [5, 5.41) is 16.2. The van der Waals surface area contributed by atoms with Crippen molar-refractivity contribution in [2.75, 3.05) is 12.4 Å². The molecule has 3 N–H and O–H groups in total. The van der Waals surface area contributed by atoms with Crippen molar-refractivity contribution in [1.82, 2.24) is 10.2 Å². The molecule has 0 aromatic heterocycles. The van der Waals surface area contributed by atoms with Gasteiger partial charge in [-0.1, -0.05) is 56.3 Å². The Bertz CT molecular complexity index is 1400. The molecule has 9 nitrogen and oxygen atoms in total. The molecule has 0 saturated heterocycles. The smallest absolute Gasteiger partial charge is 0.408 e. The van der Waals surface area contributed by atoms with E-state index in [-0.39, 0.29) is 12.2 Å². The number of carbonyl (C=O) groups is 3. The van der Waals surface area contributed by atoms with Gasteiger partial charge in [-0.15, -0.1) is 0 Å². The van der Waals surface area contributed by atoms with E-state index < -0.39 is 41.6 Å². The highest BCUT2D eigenvalue weighted by Gasteiger charge is 2.39. The number of phenols is 1. The lowest BCUT2D eigenvalue weighted by Gasteiger charge is -2.39. The number of hydrogen-bond acceptors (Lipinski definition) is 6. The van der Waals surface area contributed by atoms with Gasteiger partial charge in [0.1, 0.15) is 29.2 Å². The second kappa shape index (κ2) is 16.0. The van der Waals surface area contributed by atoms with Gasteiger partial charge in [-0.3, -0.25) is 9.59 Å². The number of ether oxygens (including phenoxy) is 2. The van der Waals surface area contributed by atoms with Gasteiger partial charge in [0.15, 0.2) is 0 Å². The molecule has 3 rings (SSSR count). The number of methoxy groups -OCH3 is 1. The standard InChI is InChI=1S/C36H47N3O6/c1-24(2)16-17-25(3)39(34(42)31(22-26-12-9-8-10-13-26)38-35(43)45-36(4,5)6)32(27-14-11-15-29(40)23-27)33(41)37-28-18-20-30(44-7)21-19-28/h8-15,18-21,23-25,31-32,40H,16-17,22H2,1-7H3,(H,37,41)(H,38,43). The number of alkyl carbamates (subject to hydrolysis) is 1. The van der Waals surface area contributed by atoms with E-state index in [1.165, 1.54) is 12.1 Å². The summed E-state index contributed by atoms with van der Waals surface area (Å²) in [6, 6.07) is 20.0. The molecule has 0 heterocycles. The van der Waals surface area contributed by atoms with Crippen LogP contribution in [0.1, 0.15) is 71.6 Å². The molecule has 3 amide bonds. The molecule has 3 aromatic rings. The molecular weight excluding hydrogens is 570 g/mol. The van der Waals surface area contributed by atoms with Crippen LogP contribution in [0.5, 0.6) is 11.5 Å². The fourth-order valence-corrected chi connectivity index (χ4v) is 5.01. The van der Waals surface area contributed by atoms with E-state index in [9.17, 15) is 19.5 Å². The van der Waals surface area contributed by atoms with Gasteiger partial charge >= 0.3 is 6.09 Å². The van der Waals surface area contributed by atoms with Gasteiger partial charge in [0.25, 0.3) is 5.91 Å². The maximum absolute atomic E-state index is 14.8. The molecule has 3 unspecified atom stereocenters. The van der Waals surface area contributed by atoms with Crippen molar-refractivity contribution in [3.8, 4) is 11.5 Å². The van der Waals surface area contributed by atoms with Gasteiger partial charge in [-0.25, -0.2) is 4.79 Å². The van der Waals surface area contributed by atoms with Gasteiger partial charge in [0.05, 0.1) is 7.11 Å². The monoisotopic (exact) mass is 617 g/mol.